The van der Waals surface area contributed by atoms with E-state index in [2.05, 4.69) is 4.52 Å². The number of rotatable bonds is 10. The van der Waals surface area contributed by atoms with Crippen LogP contribution in [0.3, 0.4) is 0 Å². The average molecular weight is 271 g/mol. The fraction of sp³-hybridized carbons (Fsp3) is 1.00. The first-order valence-electron chi connectivity index (χ1n) is 5.52. The molecular weight excluding hydrogens is 250 g/mol. The summed E-state index contributed by atoms with van der Waals surface area (Å²) < 4.78 is 37.7. The van der Waals surface area contributed by atoms with E-state index < -0.39 is 15.9 Å². The molecule has 0 bridgehead atoms. The summed E-state index contributed by atoms with van der Waals surface area (Å²) in [6, 6.07) is 0. The zero-order valence-corrected chi connectivity index (χ0v) is 12.0. The van der Waals surface area contributed by atoms with Gasteiger partial charge in [0.2, 0.25) is 0 Å². The SMILES string of the molecule is CCCCOP(=O)(CCCC)O[P+](=O)OC. The Labute approximate surface area is 98.3 Å². The van der Waals surface area contributed by atoms with Crippen LogP contribution in [0, 0.1) is 0 Å². The second kappa shape index (κ2) is 9.26. The molecule has 0 rings (SSSR count). The van der Waals surface area contributed by atoms with Gasteiger partial charge in [0, 0.05) is 4.57 Å². The topological polar surface area (TPSA) is 61.8 Å². The van der Waals surface area contributed by atoms with Gasteiger partial charge in [-0.1, -0.05) is 26.7 Å². The molecule has 0 saturated carbocycles. The van der Waals surface area contributed by atoms with E-state index in [4.69, 9.17) is 8.83 Å². The zero-order valence-electron chi connectivity index (χ0n) is 10.2. The quantitative estimate of drug-likeness (QED) is 0.442. The average Bonchev–Trinajstić information content (AvgIpc) is 2.27. The molecule has 2 unspecified atom stereocenters. The van der Waals surface area contributed by atoms with Gasteiger partial charge in [0.15, 0.2) is 0 Å². The van der Waals surface area contributed by atoms with Gasteiger partial charge in [0.1, 0.15) is 0 Å². The van der Waals surface area contributed by atoms with Crippen molar-refractivity contribution < 1.29 is 22.5 Å². The van der Waals surface area contributed by atoms with Gasteiger partial charge >= 0.3 is 15.9 Å². The van der Waals surface area contributed by atoms with Crippen molar-refractivity contribution in [2.45, 2.75) is 39.5 Å². The van der Waals surface area contributed by atoms with Gasteiger partial charge in [-0.3, -0.25) is 4.57 Å². The molecule has 0 aromatic carbocycles. The first-order chi connectivity index (χ1) is 7.58. The van der Waals surface area contributed by atoms with Crippen LogP contribution < -0.4 is 0 Å². The maximum atomic E-state index is 12.1. The minimum absolute atomic E-state index is 0.289. The van der Waals surface area contributed by atoms with Gasteiger partial charge in [-0.25, -0.2) is 0 Å². The molecule has 0 aliphatic rings. The first-order valence-corrected chi connectivity index (χ1v) is 8.35. The molecule has 0 fully saturated rings. The Bertz CT molecular complexity index is 244. The molecule has 0 spiro atoms. The van der Waals surface area contributed by atoms with Crippen LogP contribution in [0.5, 0.6) is 0 Å². The van der Waals surface area contributed by atoms with Crippen molar-refractivity contribution in [3.05, 3.63) is 0 Å². The summed E-state index contributed by atoms with van der Waals surface area (Å²) in [5.74, 6) is 0. The predicted octanol–water partition coefficient (Wildman–Crippen LogP) is 4.12. The fourth-order valence-corrected chi connectivity index (χ4v) is 3.80. The van der Waals surface area contributed by atoms with E-state index >= 15 is 0 Å². The normalized spacial score (nSPS) is 15.8. The third kappa shape index (κ3) is 7.48. The summed E-state index contributed by atoms with van der Waals surface area (Å²) in [4.78, 5) is 0. The molecule has 0 aromatic heterocycles. The van der Waals surface area contributed by atoms with Crippen LogP contribution in [0.4, 0.5) is 0 Å². The summed E-state index contributed by atoms with van der Waals surface area (Å²) in [6.45, 7) is 4.36. The van der Waals surface area contributed by atoms with Crippen molar-refractivity contribution in [1.82, 2.24) is 0 Å². The Morgan fingerprint density at radius 3 is 2.31 bits per heavy atom. The molecule has 0 N–H and O–H groups in total. The van der Waals surface area contributed by atoms with Gasteiger partial charge in [-0.05, 0) is 17.2 Å². The van der Waals surface area contributed by atoms with Gasteiger partial charge in [-0.15, -0.1) is 4.52 Å². The van der Waals surface area contributed by atoms with Crippen LogP contribution in [0.25, 0.3) is 0 Å². The molecule has 0 aromatic rings. The van der Waals surface area contributed by atoms with Crippen LogP contribution in [0.2, 0.25) is 0 Å². The second-order valence-electron chi connectivity index (χ2n) is 3.36. The molecule has 0 amide bonds. The van der Waals surface area contributed by atoms with Crippen molar-refractivity contribution in [3.8, 4) is 0 Å². The lowest BCUT2D eigenvalue weighted by atomic mass is 10.4. The van der Waals surface area contributed by atoms with Gasteiger partial charge in [0.25, 0.3) is 0 Å². The number of hydrogen-bond donors (Lipinski definition) is 0. The molecule has 0 heterocycles. The van der Waals surface area contributed by atoms with Gasteiger partial charge in [0.05, 0.1) is 19.9 Å². The Hall–Kier alpha value is 0.210. The highest BCUT2D eigenvalue weighted by atomic mass is 31.2. The zero-order chi connectivity index (χ0) is 12.4. The Morgan fingerprint density at radius 1 is 1.19 bits per heavy atom. The molecule has 96 valence electrons. The van der Waals surface area contributed by atoms with Crippen molar-refractivity contribution >= 4 is 15.9 Å². The van der Waals surface area contributed by atoms with E-state index in [1.165, 1.54) is 7.11 Å². The lowest BCUT2D eigenvalue weighted by Crippen LogP contribution is -1.99. The van der Waals surface area contributed by atoms with Gasteiger partial charge < -0.3 is 4.52 Å². The van der Waals surface area contributed by atoms with Crippen LogP contribution in [-0.4, -0.2) is 19.9 Å². The summed E-state index contributed by atoms with van der Waals surface area (Å²) in [7, 11) is -4.34. The van der Waals surface area contributed by atoms with E-state index in [0.29, 0.717) is 6.61 Å². The maximum absolute atomic E-state index is 12.1. The molecule has 0 radical (unpaired) electrons. The lowest BCUT2D eigenvalue weighted by molar-refractivity contribution is 0.248. The second-order valence-corrected chi connectivity index (χ2v) is 6.76. The lowest BCUT2D eigenvalue weighted by Gasteiger charge is -2.11. The Balaban J connectivity index is 4.24. The molecule has 5 nitrogen and oxygen atoms in total. The highest BCUT2D eigenvalue weighted by Gasteiger charge is 2.37. The number of unbranched alkanes of at least 4 members (excludes halogenated alkanes) is 2. The van der Waals surface area contributed by atoms with E-state index in [1.807, 2.05) is 13.8 Å². The molecule has 0 aliphatic carbocycles. The largest absolute Gasteiger partial charge is 0.706 e. The first kappa shape index (κ1) is 16.2. The van der Waals surface area contributed by atoms with E-state index in [0.717, 1.165) is 25.7 Å². The molecule has 0 saturated heterocycles. The molecule has 16 heavy (non-hydrogen) atoms. The van der Waals surface area contributed by atoms with Crippen molar-refractivity contribution in [2.75, 3.05) is 19.9 Å². The van der Waals surface area contributed by atoms with Crippen LogP contribution >= 0.6 is 15.9 Å². The summed E-state index contributed by atoms with van der Waals surface area (Å²) >= 11 is 0. The van der Waals surface area contributed by atoms with E-state index in [-0.39, 0.29) is 6.16 Å². The summed E-state index contributed by atoms with van der Waals surface area (Å²) in [5, 5.41) is 0. The molecule has 2 atom stereocenters. The summed E-state index contributed by atoms with van der Waals surface area (Å²) in [5.41, 5.74) is 0. The predicted molar refractivity (Wildman–Crippen MR) is 63.9 cm³/mol. The highest BCUT2D eigenvalue weighted by Crippen LogP contribution is 2.56. The monoisotopic (exact) mass is 271 g/mol. The van der Waals surface area contributed by atoms with Crippen molar-refractivity contribution in [3.63, 3.8) is 0 Å². The van der Waals surface area contributed by atoms with Gasteiger partial charge in [-0.2, -0.15) is 0 Å². The molecular formula is C9H21O5P2+. The minimum atomic E-state index is -3.25. The Morgan fingerprint density at radius 2 is 1.81 bits per heavy atom. The molecule has 7 heteroatoms. The molecule has 0 aliphatic heterocycles. The smallest absolute Gasteiger partial charge is 0.306 e. The van der Waals surface area contributed by atoms with Crippen molar-refractivity contribution in [1.29, 1.82) is 0 Å². The third-order valence-corrected chi connectivity index (χ3v) is 5.18. The minimum Gasteiger partial charge on any atom is -0.306 e. The highest BCUT2D eigenvalue weighted by molar-refractivity contribution is 7.60. The van der Waals surface area contributed by atoms with E-state index in [9.17, 15) is 9.13 Å². The Kier molecular flexibility index (Phi) is 9.38. The van der Waals surface area contributed by atoms with Crippen LogP contribution in [0.15, 0.2) is 0 Å². The van der Waals surface area contributed by atoms with E-state index in [1.54, 1.807) is 0 Å². The summed E-state index contributed by atoms with van der Waals surface area (Å²) in [6.07, 6.45) is 3.65. The van der Waals surface area contributed by atoms with Crippen LogP contribution in [0.1, 0.15) is 39.5 Å². The van der Waals surface area contributed by atoms with Crippen molar-refractivity contribution in [2.24, 2.45) is 0 Å². The third-order valence-electron chi connectivity index (χ3n) is 1.91. The fourth-order valence-electron chi connectivity index (χ4n) is 0.964. The standard InChI is InChI=1S/C9H21O5P2/c1-4-6-8-13-16(11,9-7-5-2)14-15(10)12-3/h4-9H2,1-3H3/q+1. The number of hydrogen-bond acceptors (Lipinski definition) is 5. The maximum Gasteiger partial charge on any atom is 0.706 e. The van der Waals surface area contributed by atoms with Crippen LogP contribution in [-0.2, 0) is 22.5 Å².